The molecule has 0 radical (unpaired) electrons. The van der Waals surface area contributed by atoms with E-state index >= 15 is 0 Å². The van der Waals surface area contributed by atoms with Crippen LogP contribution in [0.5, 0.6) is 5.75 Å². The molecular weight excluding hydrogens is 270 g/mol. The van der Waals surface area contributed by atoms with Crippen molar-refractivity contribution in [2.24, 2.45) is 10.9 Å². The summed E-state index contributed by atoms with van der Waals surface area (Å²) in [5.41, 5.74) is 6.14. The third-order valence-corrected chi connectivity index (χ3v) is 2.93. The lowest BCUT2D eigenvalue weighted by atomic mass is 10.2. The van der Waals surface area contributed by atoms with Crippen LogP contribution in [-0.4, -0.2) is 30.7 Å². The fraction of sp³-hybridized carbons (Fsp3) is 0.267. The van der Waals surface area contributed by atoms with Gasteiger partial charge in [-0.25, -0.2) is 0 Å². The van der Waals surface area contributed by atoms with Crippen LogP contribution >= 0.6 is 0 Å². The second kappa shape index (κ2) is 7.96. The van der Waals surface area contributed by atoms with Gasteiger partial charge in [-0.3, -0.25) is 0 Å². The van der Waals surface area contributed by atoms with E-state index in [9.17, 15) is 0 Å². The van der Waals surface area contributed by atoms with Crippen LogP contribution in [0.4, 0.5) is 0 Å². The van der Waals surface area contributed by atoms with Crippen LogP contribution < -0.4 is 15.8 Å². The van der Waals surface area contributed by atoms with Gasteiger partial charge in [-0.1, -0.05) is 5.16 Å². The fourth-order valence-electron chi connectivity index (χ4n) is 1.81. The van der Waals surface area contributed by atoms with Crippen molar-refractivity contribution in [3.05, 3.63) is 54.0 Å². The van der Waals surface area contributed by atoms with Crippen LogP contribution in [0.15, 0.2) is 52.2 Å². The Bertz CT molecular complexity index is 550. The van der Waals surface area contributed by atoms with Gasteiger partial charge in [-0.15, -0.1) is 0 Å². The number of hydrogen-bond acceptors (Lipinski definition) is 5. The Labute approximate surface area is 123 Å². The van der Waals surface area contributed by atoms with E-state index in [0.717, 1.165) is 31.0 Å². The first-order chi connectivity index (χ1) is 10.3. The van der Waals surface area contributed by atoms with Crippen molar-refractivity contribution >= 4 is 5.84 Å². The topological polar surface area (TPSA) is 93.0 Å². The summed E-state index contributed by atoms with van der Waals surface area (Å²) in [5, 5.41) is 14.8. The molecule has 0 aliphatic heterocycles. The second-order valence-corrected chi connectivity index (χ2v) is 4.44. The fourth-order valence-corrected chi connectivity index (χ4v) is 1.81. The smallest absolute Gasteiger partial charge is 0.170 e. The average Bonchev–Trinajstić information content (AvgIpc) is 3.04. The maximum atomic E-state index is 8.57. The molecule has 0 unspecified atom stereocenters. The molecule has 1 aromatic heterocycles. The largest absolute Gasteiger partial charge is 0.492 e. The summed E-state index contributed by atoms with van der Waals surface area (Å²) >= 11 is 0. The number of nitrogens with zero attached hydrogens (tertiary/aromatic N) is 1. The van der Waals surface area contributed by atoms with Crippen molar-refractivity contribution in [1.82, 2.24) is 5.32 Å². The van der Waals surface area contributed by atoms with Crippen molar-refractivity contribution in [3.63, 3.8) is 0 Å². The Hall–Kier alpha value is -2.47. The quantitative estimate of drug-likeness (QED) is 0.225. The third-order valence-electron chi connectivity index (χ3n) is 2.93. The van der Waals surface area contributed by atoms with Crippen LogP contribution in [-0.2, 0) is 6.42 Å². The molecule has 0 amide bonds. The second-order valence-electron chi connectivity index (χ2n) is 4.44. The van der Waals surface area contributed by atoms with E-state index < -0.39 is 0 Å². The van der Waals surface area contributed by atoms with Gasteiger partial charge in [0, 0.05) is 25.1 Å². The molecule has 0 spiro atoms. The van der Waals surface area contributed by atoms with Crippen molar-refractivity contribution < 1.29 is 14.4 Å². The zero-order chi connectivity index (χ0) is 14.9. The molecular formula is C15H19N3O3. The van der Waals surface area contributed by atoms with Gasteiger partial charge in [-0.2, -0.15) is 0 Å². The van der Waals surface area contributed by atoms with Crippen LogP contribution in [0.25, 0.3) is 0 Å². The lowest BCUT2D eigenvalue weighted by Crippen LogP contribution is -2.23. The van der Waals surface area contributed by atoms with E-state index in [1.165, 1.54) is 0 Å². The normalized spacial score (nSPS) is 11.5. The van der Waals surface area contributed by atoms with Crippen LogP contribution in [0, 0.1) is 0 Å². The summed E-state index contributed by atoms with van der Waals surface area (Å²) in [7, 11) is 0. The highest BCUT2D eigenvalue weighted by Gasteiger charge is 2.00. The molecule has 0 saturated heterocycles. The Kier molecular flexibility index (Phi) is 5.66. The molecule has 21 heavy (non-hydrogen) atoms. The summed E-state index contributed by atoms with van der Waals surface area (Å²) in [5.74, 6) is 1.81. The van der Waals surface area contributed by atoms with E-state index in [1.807, 2.05) is 12.1 Å². The molecule has 2 rings (SSSR count). The first-order valence-electron chi connectivity index (χ1n) is 6.73. The number of nitrogens with one attached hydrogen (secondary N) is 1. The molecule has 1 aromatic carbocycles. The van der Waals surface area contributed by atoms with Gasteiger partial charge in [0.05, 0.1) is 6.26 Å². The van der Waals surface area contributed by atoms with Gasteiger partial charge in [0.15, 0.2) is 5.84 Å². The monoisotopic (exact) mass is 289 g/mol. The number of furan rings is 1. The Morgan fingerprint density at radius 1 is 1.24 bits per heavy atom. The number of rotatable bonds is 8. The number of ether oxygens (including phenoxy) is 1. The predicted octanol–water partition coefficient (Wildman–Crippen LogP) is 1.59. The molecule has 1 heterocycles. The molecule has 6 nitrogen and oxygen atoms in total. The van der Waals surface area contributed by atoms with E-state index in [0.29, 0.717) is 12.2 Å². The summed E-state index contributed by atoms with van der Waals surface area (Å²) in [6.45, 7) is 2.17. The molecule has 0 aliphatic rings. The molecule has 4 N–H and O–H groups in total. The standard InChI is InChI=1S/C15H19N3O3/c16-15(18-19)12-3-5-14(6-4-12)21-11-9-17-8-7-13-2-1-10-20-13/h1-6,10,17,19H,7-9,11H2,(H2,16,18). The predicted molar refractivity (Wildman–Crippen MR) is 79.7 cm³/mol. The van der Waals surface area contributed by atoms with Gasteiger partial charge in [0.2, 0.25) is 0 Å². The van der Waals surface area contributed by atoms with Crippen molar-refractivity contribution in [1.29, 1.82) is 0 Å². The zero-order valence-electron chi connectivity index (χ0n) is 11.7. The van der Waals surface area contributed by atoms with Gasteiger partial charge in [0.1, 0.15) is 18.1 Å². The summed E-state index contributed by atoms with van der Waals surface area (Å²) in [6, 6.07) is 10.9. The maximum Gasteiger partial charge on any atom is 0.170 e. The maximum absolute atomic E-state index is 8.57. The van der Waals surface area contributed by atoms with E-state index in [1.54, 1.807) is 30.5 Å². The van der Waals surface area contributed by atoms with Gasteiger partial charge in [-0.05, 0) is 36.4 Å². The lowest BCUT2D eigenvalue weighted by molar-refractivity contribution is 0.313. The zero-order valence-corrected chi connectivity index (χ0v) is 11.7. The van der Waals surface area contributed by atoms with Crippen LogP contribution in [0.3, 0.4) is 0 Å². The first-order valence-corrected chi connectivity index (χ1v) is 6.73. The molecule has 0 aliphatic carbocycles. The highest BCUT2D eigenvalue weighted by atomic mass is 16.5. The molecule has 112 valence electrons. The summed E-state index contributed by atoms with van der Waals surface area (Å²) in [6.07, 6.45) is 2.54. The average molecular weight is 289 g/mol. The lowest BCUT2D eigenvalue weighted by Gasteiger charge is -2.07. The highest BCUT2D eigenvalue weighted by molar-refractivity contribution is 5.97. The third kappa shape index (κ3) is 4.85. The molecule has 6 heteroatoms. The number of amidine groups is 1. The minimum atomic E-state index is 0.0844. The van der Waals surface area contributed by atoms with Crippen molar-refractivity contribution in [3.8, 4) is 5.75 Å². The van der Waals surface area contributed by atoms with Crippen molar-refractivity contribution in [2.75, 3.05) is 19.7 Å². The number of nitrogens with two attached hydrogens (primary N) is 1. The molecule has 0 bridgehead atoms. The number of hydrogen-bond donors (Lipinski definition) is 3. The molecule has 0 atom stereocenters. The van der Waals surface area contributed by atoms with E-state index in [2.05, 4.69) is 10.5 Å². The highest BCUT2D eigenvalue weighted by Crippen LogP contribution is 2.11. The van der Waals surface area contributed by atoms with E-state index in [-0.39, 0.29) is 5.84 Å². The summed E-state index contributed by atoms with van der Waals surface area (Å²) < 4.78 is 10.8. The first kappa shape index (κ1) is 14.9. The van der Waals surface area contributed by atoms with Gasteiger partial charge in [0.25, 0.3) is 0 Å². The van der Waals surface area contributed by atoms with Crippen LogP contribution in [0.1, 0.15) is 11.3 Å². The number of oxime groups is 1. The number of benzene rings is 1. The van der Waals surface area contributed by atoms with Gasteiger partial charge >= 0.3 is 0 Å². The van der Waals surface area contributed by atoms with Gasteiger partial charge < -0.3 is 25.4 Å². The molecule has 2 aromatic rings. The minimum absolute atomic E-state index is 0.0844. The molecule has 0 fully saturated rings. The Morgan fingerprint density at radius 3 is 2.71 bits per heavy atom. The SMILES string of the molecule is NC(=NO)c1ccc(OCCNCCc2ccco2)cc1. The minimum Gasteiger partial charge on any atom is -0.492 e. The van der Waals surface area contributed by atoms with E-state index in [4.69, 9.17) is 20.1 Å². The Morgan fingerprint density at radius 2 is 2.05 bits per heavy atom. The van der Waals surface area contributed by atoms with Crippen molar-refractivity contribution in [2.45, 2.75) is 6.42 Å². The van der Waals surface area contributed by atoms with Crippen LogP contribution in [0.2, 0.25) is 0 Å². The Balaban J connectivity index is 1.62. The molecule has 0 saturated carbocycles. The summed E-state index contributed by atoms with van der Waals surface area (Å²) in [4.78, 5) is 0.